The SMILES string of the molecule is CC1CCCC(OC(=O)Nc2ccc(N)cc2)C1. The summed E-state index contributed by atoms with van der Waals surface area (Å²) in [6.45, 7) is 2.20. The number of anilines is 2. The maximum Gasteiger partial charge on any atom is 0.411 e. The van der Waals surface area contributed by atoms with Gasteiger partial charge in [-0.25, -0.2) is 4.79 Å². The van der Waals surface area contributed by atoms with E-state index in [1.165, 1.54) is 6.42 Å². The van der Waals surface area contributed by atoms with Crippen molar-refractivity contribution in [2.24, 2.45) is 5.92 Å². The largest absolute Gasteiger partial charge is 0.446 e. The highest BCUT2D eigenvalue weighted by Gasteiger charge is 2.22. The molecule has 98 valence electrons. The van der Waals surface area contributed by atoms with Crippen LogP contribution in [-0.2, 0) is 4.74 Å². The second-order valence-electron chi connectivity index (χ2n) is 5.05. The first-order valence-electron chi connectivity index (χ1n) is 6.46. The number of carbonyl (C=O) groups excluding carboxylic acids is 1. The zero-order valence-electron chi connectivity index (χ0n) is 10.7. The van der Waals surface area contributed by atoms with Crippen LogP contribution in [0, 0.1) is 5.92 Å². The highest BCUT2D eigenvalue weighted by molar-refractivity contribution is 5.84. The van der Waals surface area contributed by atoms with Gasteiger partial charge < -0.3 is 10.5 Å². The Morgan fingerprint density at radius 2 is 2.06 bits per heavy atom. The van der Waals surface area contributed by atoms with Gasteiger partial charge in [-0.2, -0.15) is 0 Å². The number of amides is 1. The molecule has 0 bridgehead atoms. The summed E-state index contributed by atoms with van der Waals surface area (Å²) in [7, 11) is 0. The van der Waals surface area contributed by atoms with E-state index < -0.39 is 0 Å². The van der Waals surface area contributed by atoms with Crippen LogP contribution in [0.1, 0.15) is 32.6 Å². The van der Waals surface area contributed by atoms with Gasteiger partial charge >= 0.3 is 6.09 Å². The van der Waals surface area contributed by atoms with Crippen molar-refractivity contribution >= 4 is 17.5 Å². The first-order valence-corrected chi connectivity index (χ1v) is 6.46. The van der Waals surface area contributed by atoms with Gasteiger partial charge in [0, 0.05) is 11.4 Å². The van der Waals surface area contributed by atoms with Gasteiger partial charge in [-0.15, -0.1) is 0 Å². The van der Waals surface area contributed by atoms with Gasteiger partial charge in [0.25, 0.3) is 0 Å². The predicted octanol–water partition coefficient (Wildman–Crippen LogP) is 3.40. The van der Waals surface area contributed by atoms with Gasteiger partial charge in [0.15, 0.2) is 0 Å². The number of benzene rings is 1. The zero-order chi connectivity index (χ0) is 13.0. The minimum Gasteiger partial charge on any atom is -0.446 e. The molecule has 0 radical (unpaired) electrons. The molecule has 1 aromatic rings. The summed E-state index contributed by atoms with van der Waals surface area (Å²) in [5.74, 6) is 0.646. The first kappa shape index (κ1) is 12.7. The number of ether oxygens (including phenoxy) is 1. The van der Waals surface area contributed by atoms with E-state index in [0.717, 1.165) is 19.3 Å². The van der Waals surface area contributed by atoms with Crippen molar-refractivity contribution in [2.75, 3.05) is 11.1 Å². The Labute approximate surface area is 108 Å². The molecule has 4 heteroatoms. The lowest BCUT2D eigenvalue weighted by Crippen LogP contribution is -2.27. The van der Waals surface area contributed by atoms with Crippen molar-refractivity contribution in [3.8, 4) is 0 Å². The van der Waals surface area contributed by atoms with E-state index >= 15 is 0 Å². The molecule has 1 aliphatic carbocycles. The van der Waals surface area contributed by atoms with Crippen molar-refractivity contribution in [3.05, 3.63) is 24.3 Å². The molecule has 3 N–H and O–H groups in total. The van der Waals surface area contributed by atoms with Gasteiger partial charge in [-0.05, 0) is 49.4 Å². The van der Waals surface area contributed by atoms with Crippen LogP contribution < -0.4 is 11.1 Å². The lowest BCUT2D eigenvalue weighted by atomic mass is 9.89. The van der Waals surface area contributed by atoms with Gasteiger partial charge in [-0.3, -0.25) is 5.32 Å². The van der Waals surface area contributed by atoms with Crippen LogP contribution in [0.2, 0.25) is 0 Å². The third-order valence-electron chi connectivity index (χ3n) is 3.32. The number of nitrogen functional groups attached to an aromatic ring is 1. The molecule has 0 heterocycles. The fourth-order valence-electron chi connectivity index (χ4n) is 2.35. The molecule has 2 rings (SSSR count). The third kappa shape index (κ3) is 3.65. The molecule has 2 unspecified atom stereocenters. The smallest absolute Gasteiger partial charge is 0.411 e. The Balaban J connectivity index is 1.83. The molecule has 0 saturated heterocycles. The number of hydrogen-bond acceptors (Lipinski definition) is 3. The van der Waals surface area contributed by atoms with Gasteiger partial charge in [-0.1, -0.05) is 13.3 Å². The summed E-state index contributed by atoms with van der Waals surface area (Å²) in [4.78, 5) is 11.7. The van der Waals surface area contributed by atoms with Crippen molar-refractivity contribution in [1.82, 2.24) is 0 Å². The molecule has 1 aromatic carbocycles. The fraction of sp³-hybridized carbons (Fsp3) is 0.500. The van der Waals surface area contributed by atoms with Crippen LogP contribution >= 0.6 is 0 Å². The number of carbonyl (C=O) groups is 1. The van der Waals surface area contributed by atoms with Crippen LogP contribution in [0.15, 0.2) is 24.3 Å². The van der Waals surface area contributed by atoms with Crippen molar-refractivity contribution in [3.63, 3.8) is 0 Å². The molecule has 0 spiro atoms. The number of nitrogens with one attached hydrogen (secondary N) is 1. The number of hydrogen-bond donors (Lipinski definition) is 2. The van der Waals surface area contributed by atoms with E-state index in [-0.39, 0.29) is 12.2 Å². The Kier molecular flexibility index (Phi) is 4.07. The maximum atomic E-state index is 11.7. The average Bonchev–Trinajstić information content (AvgIpc) is 2.32. The quantitative estimate of drug-likeness (QED) is 0.788. The van der Waals surface area contributed by atoms with Crippen molar-refractivity contribution in [1.29, 1.82) is 0 Å². The highest BCUT2D eigenvalue weighted by Crippen LogP contribution is 2.26. The van der Waals surface area contributed by atoms with Crippen molar-refractivity contribution < 1.29 is 9.53 Å². The molecule has 0 aliphatic heterocycles. The maximum absolute atomic E-state index is 11.7. The van der Waals surface area contributed by atoms with Gasteiger partial charge in [0.2, 0.25) is 0 Å². The van der Waals surface area contributed by atoms with E-state index in [0.29, 0.717) is 17.3 Å². The standard InChI is InChI=1S/C14H20N2O2/c1-10-3-2-4-13(9-10)18-14(17)16-12-7-5-11(15)6-8-12/h5-8,10,13H,2-4,9,15H2,1H3,(H,16,17). The molecular formula is C14H20N2O2. The predicted molar refractivity (Wildman–Crippen MR) is 72.4 cm³/mol. The fourth-order valence-corrected chi connectivity index (χ4v) is 2.35. The second kappa shape index (κ2) is 5.76. The van der Waals surface area contributed by atoms with Gasteiger partial charge in [0.05, 0.1) is 0 Å². The number of rotatable bonds is 2. The summed E-state index contributed by atoms with van der Waals surface area (Å²) < 4.78 is 5.41. The first-order chi connectivity index (χ1) is 8.63. The van der Waals surface area contributed by atoms with E-state index in [2.05, 4.69) is 12.2 Å². The van der Waals surface area contributed by atoms with Crippen molar-refractivity contribution in [2.45, 2.75) is 38.7 Å². The summed E-state index contributed by atoms with van der Waals surface area (Å²) in [6, 6.07) is 7.02. The lowest BCUT2D eigenvalue weighted by Gasteiger charge is -2.26. The Hall–Kier alpha value is -1.71. The molecule has 0 aromatic heterocycles. The lowest BCUT2D eigenvalue weighted by molar-refractivity contribution is 0.0724. The summed E-state index contributed by atoms with van der Waals surface area (Å²) in [5.41, 5.74) is 6.96. The van der Waals surface area contributed by atoms with Crippen LogP contribution in [0.4, 0.5) is 16.2 Å². The molecule has 4 nitrogen and oxygen atoms in total. The molecule has 1 fully saturated rings. The Bertz CT molecular complexity index is 403. The molecule has 1 amide bonds. The van der Waals surface area contributed by atoms with Crippen LogP contribution in [0.3, 0.4) is 0 Å². The summed E-state index contributed by atoms with van der Waals surface area (Å²) in [5, 5.41) is 2.71. The van der Waals surface area contributed by atoms with Crippen LogP contribution in [-0.4, -0.2) is 12.2 Å². The van der Waals surface area contributed by atoms with E-state index in [1.807, 2.05) is 0 Å². The monoisotopic (exact) mass is 248 g/mol. The van der Waals surface area contributed by atoms with E-state index in [1.54, 1.807) is 24.3 Å². The van der Waals surface area contributed by atoms with Crippen LogP contribution in [0.25, 0.3) is 0 Å². The zero-order valence-corrected chi connectivity index (χ0v) is 10.7. The van der Waals surface area contributed by atoms with Crippen LogP contribution in [0.5, 0.6) is 0 Å². The van der Waals surface area contributed by atoms with E-state index in [4.69, 9.17) is 10.5 Å². The minimum atomic E-state index is -0.376. The third-order valence-corrected chi connectivity index (χ3v) is 3.32. The Morgan fingerprint density at radius 3 is 2.72 bits per heavy atom. The minimum absolute atomic E-state index is 0.0579. The molecule has 1 saturated carbocycles. The molecular weight excluding hydrogens is 228 g/mol. The molecule has 1 aliphatic rings. The average molecular weight is 248 g/mol. The van der Waals surface area contributed by atoms with E-state index in [9.17, 15) is 4.79 Å². The Morgan fingerprint density at radius 1 is 1.33 bits per heavy atom. The topological polar surface area (TPSA) is 64.3 Å². The molecule has 18 heavy (non-hydrogen) atoms. The second-order valence-corrected chi connectivity index (χ2v) is 5.05. The highest BCUT2D eigenvalue weighted by atomic mass is 16.6. The van der Waals surface area contributed by atoms with Gasteiger partial charge in [0.1, 0.15) is 6.10 Å². The number of nitrogens with two attached hydrogens (primary N) is 1. The normalized spacial score (nSPS) is 23.4. The summed E-state index contributed by atoms with van der Waals surface area (Å²) >= 11 is 0. The molecule has 2 atom stereocenters. The summed E-state index contributed by atoms with van der Waals surface area (Å²) in [6.07, 6.45) is 4.00.